The van der Waals surface area contributed by atoms with Crippen LogP contribution in [0.3, 0.4) is 0 Å². The van der Waals surface area contributed by atoms with Crippen molar-refractivity contribution >= 4 is 17.5 Å². The molecule has 1 aromatic carbocycles. The lowest BCUT2D eigenvalue weighted by molar-refractivity contribution is -0.144. The summed E-state index contributed by atoms with van der Waals surface area (Å²) in [6, 6.07) is 7.90. The maximum atomic E-state index is 12.9. The minimum absolute atomic E-state index is 0.0351. The van der Waals surface area contributed by atoms with Crippen molar-refractivity contribution in [2.45, 2.75) is 12.8 Å². The van der Waals surface area contributed by atoms with Crippen LogP contribution >= 0.6 is 0 Å². The molecule has 1 aromatic rings. The van der Waals surface area contributed by atoms with Crippen LogP contribution in [0.2, 0.25) is 0 Å². The van der Waals surface area contributed by atoms with Gasteiger partial charge in [-0.2, -0.15) is 0 Å². The van der Waals surface area contributed by atoms with E-state index >= 15 is 0 Å². The highest BCUT2D eigenvalue weighted by Gasteiger charge is 2.58. The zero-order valence-electron chi connectivity index (χ0n) is 15.5. The largest absolute Gasteiger partial charge is 0.495 e. The average molecular weight is 361 g/mol. The van der Waals surface area contributed by atoms with Crippen molar-refractivity contribution in [2.24, 2.45) is 5.41 Å². The predicted molar refractivity (Wildman–Crippen MR) is 98.3 cm³/mol. The first-order valence-electron chi connectivity index (χ1n) is 9.07. The zero-order chi connectivity index (χ0) is 18.6. The van der Waals surface area contributed by atoms with Crippen LogP contribution in [0.25, 0.3) is 0 Å². The van der Waals surface area contributed by atoms with E-state index in [4.69, 9.17) is 9.47 Å². The number of methoxy groups -OCH3 is 2. The van der Waals surface area contributed by atoms with E-state index in [1.807, 2.05) is 29.2 Å². The molecule has 26 heavy (non-hydrogen) atoms. The minimum Gasteiger partial charge on any atom is -0.495 e. The molecule has 7 heteroatoms. The van der Waals surface area contributed by atoms with Crippen LogP contribution in [0.4, 0.5) is 5.69 Å². The Hall–Kier alpha value is -2.28. The Kier molecular flexibility index (Phi) is 5.66. The highest BCUT2D eigenvalue weighted by molar-refractivity contribution is 6.07. The van der Waals surface area contributed by atoms with Gasteiger partial charge in [-0.1, -0.05) is 12.1 Å². The van der Waals surface area contributed by atoms with Crippen molar-refractivity contribution in [3.05, 3.63) is 24.3 Å². The Morgan fingerprint density at radius 3 is 2.42 bits per heavy atom. The van der Waals surface area contributed by atoms with Crippen molar-refractivity contribution < 1.29 is 19.1 Å². The maximum absolute atomic E-state index is 12.9. The number of carbonyl (C=O) groups excluding carboxylic acids is 2. The average Bonchev–Trinajstić information content (AvgIpc) is 3.50. The number of carbonyl (C=O) groups is 2. The first kappa shape index (κ1) is 18.5. The van der Waals surface area contributed by atoms with Crippen molar-refractivity contribution in [2.75, 3.05) is 58.5 Å². The molecule has 1 saturated carbocycles. The van der Waals surface area contributed by atoms with Crippen molar-refractivity contribution in [1.29, 1.82) is 0 Å². The Morgan fingerprint density at radius 2 is 1.81 bits per heavy atom. The lowest BCUT2D eigenvalue weighted by atomic mass is 10.0. The highest BCUT2D eigenvalue weighted by Crippen LogP contribution is 2.47. The molecule has 2 amide bonds. The first-order chi connectivity index (χ1) is 12.6. The number of amides is 2. The number of hydrogen-bond acceptors (Lipinski definition) is 5. The molecule has 0 spiro atoms. The lowest BCUT2D eigenvalue weighted by Gasteiger charge is -2.38. The monoisotopic (exact) mass is 361 g/mol. The molecule has 1 aliphatic carbocycles. The number of piperazine rings is 1. The van der Waals surface area contributed by atoms with Crippen LogP contribution in [0, 0.1) is 5.41 Å². The normalized spacial score (nSPS) is 18.4. The van der Waals surface area contributed by atoms with Crippen molar-refractivity contribution in [1.82, 2.24) is 10.2 Å². The molecule has 1 saturated heterocycles. The highest BCUT2D eigenvalue weighted by atomic mass is 16.5. The molecule has 3 rings (SSSR count). The lowest BCUT2D eigenvalue weighted by Crippen LogP contribution is -2.53. The van der Waals surface area contributed by atoms with E-state index < -0.39 is 5.41 Å². The Balaban J connectivity index is 1.58. The van der Waals surface area contributed by atoms with E-state index in [0.717, 1.165) is 24.5 Å². The molecule has 1 N–H and O–H groups in total. The van der Waals surface area contributed by atoms with Crippen LogP contribution in [0.15, 0.2) is 24.3 Å². The number of rotatable bonds is 7. The van der Waals surface area contributed by atoms with Gasteiger partial charge in [0, 0.05) is 39.8 Å². The van der Waals surface area contributed by atoms with Crippen LogP contribution < -0.4 is 15.0 Å². The third-order valence-electron chi connectivity index (χ3n) is 5.18. The topological polar surface area (TPSA) is 71.1 Å². The maximum Gasteiger partial charge on any atom is 0.238 e. The molecule has 2 aliphatic rings. The Morgan fingerprint density at radius 1 is 1.12 bits per heavy atom. The zero-order valence-corrected chi connectivity index (χ0v) is 15.5. The summed E-state index contributed by atoms with van der Waals surface area (Å²) >= 11 is 0. The van der Waals surface area contributed by atoms with Crippen molar-refractivity contribution in [3.63, 3.8) is 0 Å². The third-order valence-corrected chi connectivity index (χ3v) is 5.18. The van der Waals surface area contributed by atoms with Crippen LogP contribution in [0.1, 0.15) is 12.8 Å². The fraction of sp³-hybridized carbons (Fsp3) is 0.579. The minimum atomic E-state index is -0.847. The molecular weight excluding hydrogens is 334 g/mol. The fourth-order valence-corrected chi connectivity index (χ4v) is 3.44. The van der Waals surface area contributed by atoms with E-state index in [2.05, 4.69) is 10.2 Å². The molecule has 0 bridgehead atoms. The molecule has 0 aromatic heterocycles. The summed E-state index contributed by atoms with van der Waals surface area (Å²) in [7, 11) is 3.25. The van der Waals surface area contributed by atoms with Gasteiger partial charge in [0.25, 0.3) is 0 Å². The van der Waals surface area contributed by atoms with Gasteiger partial charge in [0.2, 0.25) is 11.8 Å². The number of hydrogen-bond donors (Lipinski definition) is 1. The van der Waals surface area contributed by atoms with Gasteiger partial charge in [-0.3, -0.25) is 9.59 Å². The smallest absolute Gasteiger partial charge is 0.238 e. The summed E-state index contributed by atoms with van der Waals surface area (Å²) < 4.78 is 10.4. The molecule has 0 atom stereocenters. The number of nitrogens with one attached hydrogen (secondary N) is 1. The molecule has 0 radical (unpaired) electrons. The number of benzene rings is 1. The Labute approximate surface area is 154 Å². The van der Waals surface area contributed by atoms with Gasteiger partial charge in [0.15, 0.2) is 0 Å². The quantitative estimate of drug-likeness (QED) is 0.577. The second-order valence-electron chi connectivity index (χ2n) is 6.78. The van der Waals surface area contributed by atoms with Gasteiger partial charge in [-0.25, -0.2) is 0 Å². The predicted octanol–water partition coefficient (Wildman–Crippen LogP) is 0.887. The third kappa shape index (κ3) is 3.62. The second-order valence-corrected chi connectivity index (χ2v) is 6.78. The summed E-state index contributed by atoms with van der Waals surface area (Å²) in [6.07, 6.45) is 1.27. The van der Waals surface area contributed by atoms with Gasteiger partial charge in [0.1, 0.15) is 11.2 Å². The van der Waals surface area contributed by atoms with Gasteiger partial charge < -0.3 is 24.6 Å². The van der Waals surface area contributed by atoms with E-state index in [0.29, 0.717) is 39.1 Å². The van der Waals surface area contributed by atoms with Gasteiger partial charge in [-0.15, -0.1) is 0 Å². The second kappa shape index (κ2) is 7.95. The SMILES string of the molecule is COCCNC(=O)C1(C(=O)N2CCN(c3ccccc3OC)CC2)CC1. The summed E-state index contributed by atoms with van der Waals surface area (Å²) in [5, 5.41) is 2.82. The number of ether oxygens (including phenoxy) is 2. The van der Waals surface area contributed by atoms with Gasteiger partial charge in [0.05, 0.1) is 19.4 Å². The molecule has 2 fully saturated rings. The standard InChI is InChI=1S/C19H27N3O4/c1-25-14-9-20-17(23)19(7-8-19)18(24)22-12-10-21(11-13-22)15-5-3-4-6-16(15)26-2/h3-6H,7-14H2,1-2H3,(H,20,23). The molecule has 1 heterocycles. The fourth-order valence-electron chi connectivity index (χ4n) is 3.44. The Bertz CT molecular complexity index is 652. The van der Waals surface area contributed by atoms with Crippen LogP contribution in [0.5, 0.6) is 5.75 Å². The number of anilines is 1. The van der Waals surface area contributed by atoms with Crippen LogP contribution in [-0.2, 0) is 14.3 Å². The summed E-state index contributed by atoms with van der Waals surface area (Å²) in [4.78, 5) is 29.4. The molecule has 1 aliphatic heterocycles. The van der Waals surface area contributed by atoms with E-state index in [9.17, 15) is 9.59 Å². The molecular formula is C19H27N3O4. The van der Waals surface area contributed by atoms with E-state index in [-0.39, 0.29) is 11.8 Å². The first-order valence-corrected chi connectivity index (χ1v) is 9.07. The summed E-state index contributed by atoms with van der Waals surface area (Å²) in [6.45, 7) is 3.58. The molecule has 7 nitrogen and oxygen atoms in total. The van der Waals surface area contributed by atoms with Gasteiger partial charge >= 0.3 is 0 Å². The van der Waals surface area contributed by atoms with Gasteiger partial charge in [-0.05, 0) is 25.0 Å². The van der Waals surface area contributed by atoms with E-state index in [1.54, 1.807) is 14.2 Å². The number of nitrogens with zero attached hydrogens (tertiary/aromatic N) is 2. The summed E-state index contributed by atoms with van der Waals surface area (Å²) in [5.41, 5.74) is 0.195. The summed E-state index contributed by atoms with van der Waals surface area (Å²) in [5.74, 6) is 0.641. The molecule has 142 valence electrons. The van der Waals surface area contributed by atoms with Crippen LogP contribution in [-0.4, -0.2) is 70.3 Å². The van der Waals surface area contributed by atoms with E-state index in [1.165, 1.54) is 0 Å². The number of para-hydroxylation sites is 2. The molecule has 0 unspecified atom stereocenters. The van der Waals surface area contributed by atoms with Crippen molar-refractivity contribution in [3.8, 4) is 5.75 Å².